The van der Waals surface area contributed by atoms with Crippen LogP contribution >= 0.6 is 0 Å². The summed E-state index contributed by atoms with van der Waals surface area (Å²) in [6, 6.07) is 6.18. The van der Waals surface area contributed by atoms with Gasteiger partial charge in [0.2, 0.25) is 5.91 Å². The molecule has 0 aromatic heterocycles. The molecule has 0 aliphatic heterocycles. The van der Waals surface area contributed by atoms with Gasteiger partial charge in [-0.1, -0.05) is 12.1 Å². The van der Waals surface area contributed by atoms with Crippen LogP contribution in [0.5, 0.6) is 0 Å². The summed E-state index contributed by atoms with van der Waals surface area (Å²) in [5.74, 6) is -2.40. The van der Waals surface area contributed by atoms with Crippen LogP contribution in [0.3, 0.4) is 0 Å². The maximum Gasteiger partial charge on any atom is 0.323 e. The molecule has 6 nitrogen and oxygen atoms in total. The Labute approximate surface area is 110 Å². The van der Waals surface area contributed by atoms with Gasteiger partial charge >= 0.3 is 11.8 Å². The first-order valence-electron chi connectivity index (χ1n) is 5.56. The van der Waals surface area contributed by atoms with Crippen molar-refractivity contribution in [2.75, 3.05) is 17.2 Å². The normalized spacial score (nSPS) is 9.53. The highest BCUT2D eigenvalue weighted by atomic mass is 16.2. The van der Waals surface area contributed by atoms with Crippen molar-refractivity contribution in [1.29, 1.82) is 0 Å². The van der Waals surface area contributed by atoms with Gasteiger partial charge in [-0.2, -0.15) is 0 Å². The molecule has 0 aliphatic rings. The number of nitrogens with zero attached hydrogens (tertiary/aromatic N) is 1. The molecule has 0 aliphatic carbocycles. The molecule has 0 radical (unpaired) electrons. The fraction of sp³-hybridized carbons (Fsp3) is 0.154. The SMILES string of the molecule is C=CCNC(=O)C(=O)N(C(C)=O)c1cccc(N)c1. The van der Waals surface area contributed by atoms with Crippen LogP contribution in [-0.4, -0.2) is 24.3 Å². The molecule has 0 heterocycles. The summed E-state index contributed by atoms with van der Waals surface area (Å²) in [4.78, 5) is 35.8. The zero-order valence-electron chi connectivity index (χ0n) is 10.6. The number of carbonyl (C=O) groups excluding carboxylic acids is 3. The Morgan fingerprint density at radius 2 is 2.11 bits per heavy atom. The number of hydrogen-bond acceptors (Lipinski definition) is 4. The minimum atomic E-state index is -0.958. The molecule has 1 aromatic carbocycles. The fourth-order valence-corrected chi connectivity index (χ4v) is 1.45. The average molecular weight is 261 g/mol. The molecule has 0 saturated carbocycles. The van der Waals surface area contributed by atoms with Crippen LogP contribution in [-0.2, 0) is 14.4 Å². The van der Waals surface area contributed by atoms with Gasteiger partial charge in [0, 0.05) is 19.2 Å². The number of amides is 3. The lowest BCUT2D eigenvalue weighted by Gasteiger charge is -2.18. The monoisotopic (exact) mass is 261 g/mol. The fourth-order valence-electron chi connectivity index (χ4n) is 1.45. The van der Waals surface area contributed by atoms with Crippen molar-refractivity contribution >= 4 is 29.1 Å². The van der Waals surface area contributed by atoms with E-state index in [0.29, 0.717) is 5.69 Å². The number of nitrogens with one attached hydrogen (secondary N) is 1. The highest BCUT2D eigenvalue weighted by Gasteiger charge is 2.26. The van der Waals surface area contributed by atoms with Crippen molar-refractivity contribution in [2.24, 2.45) is 0 Å². The zero-order chi connectivity index (χ0) is 14.4. The van der Waals surface area contributed by atoms with Crippen molar-refractivity contribution in [3.05, 3.63) is 36.9 Å². The second-order valence-corrected chi connectivity index (χ2v) is 3.75. The van der Waals surface area contributed by atoms with E-state index in [-0.39, 0.29) is 12.2 Å². The van der Waals surface area contributed by atoms with Crippen LogP contribution in [0.25, 0.3) is 0 Å². The highest BCUT2D eigenvalue weighted by Crippen LogP contribution is 2.18. The minimum Gasteiger partial charge on any atom is -0.399 e. The lowest BCUT2D eigenvalue weighted by Crippen LogP contribution is -2.45. The molecule has 3 N–H and O–H groups in total. The molecule has 0 bridgehead atoms. The number of rotatable bonds is 3. The molecule has 1 rings (SSSR count). The van der Waals surface area contributed by atoms with Crippen molar-refractivity contribution in [3.63, 3.8) is 0 Å². The summed E-state index contributed by atoms with van der Waals surface area (Å²) in [6.45, 7) is 4.76. The van der Waals surface area contributed by atoms with Gasteiger partial charge in [-0.25, -0.2) is 4.90 Å². The van der Waals surface area contributed by atoms with E-state index < -0.39 is 17.7 Å². The molecule has 0 spiro atoms. The Balaban J connectivity index is 3.01. The van der Waals surface area contributed by atoms with Crippen LogP contribution < -0.4 is 16.0 Å². The Hall–Kier alpha value is -2.63. The number of carbonyl (C=O) groups is 3. The third kappa shape index (κ3) is 3.67. The molecule has 3 amide bonds. The molecular formula is C13H15N3O3. The maximum atomic E-state index is 11.9. The summed E-state index contributed by atoms with van der Waals surface area (Å²) in [6.07, 6.45) is 1.43. The van der Waals surface area contributed by atoms with E-state index in [2.05, 4.69) is 11.9 Å². The van der Waals surface area contributed by atoms with Gasteiger partial charge in [0.15, 0.2) is 0 Å². The number of benzene rings is 1. The summed E-state index contributed by atoms with van der Waals surface area (Å²) < 4.78 is 0. The Kier molecular flexibility index (Phi) is 4.82. The molecule has 100 valence electrons. The number of nitrogens with two attached hydrogens (primary N) is 1. The maximum absolute atomic E-state index is 11.9. The molecule has 0 saturated heterocycles. The highest BCUT2D eigenvalue weighted by molar-refractivity contribution is 6.45. The summed E-state index contributed by atoms with van der Waals surface area (Å²) in [7, 11) is 0. The second-order valence-electron chi connectivity index (χ2n) is 3.75. The van der Waals surface area contributed by atoms with E-state index in [9.17, 15) is 14.4 Å². The van der Waals surface area contributed by atoms with Crippen LogP contribution in [0.4, 0.5) is 11.4 Å². The van der Waals surface area contributed by atoms with E-state index in [1.165, 1.54) is 25.1 Å². The zero-order valence-corrected chi connectivity index (χ0v) is 10.6. The third-order valence-corrected chi connectivity index (χ3v) is 2.25. The van der Waals surface area contributed by atoms with Crippen LogP contribution in [0.2, 0.25) is 0 Å². The van der Waals surface area contributed by atoms with Crippen LogP contribution in [0, 0.1) is 0 Å². The van der Waals surface area contributed by atoms with Crippen molar-refractivity contribution < 1.29 is 14.4 Å². The predicted octanol–water partition coefficient (Wildman–Crippen LogP) is 0.450. The van der Waals surface area contributed by atoms with E-state index in [1.54, 1.807) is 12.1 Å². The molecular weight excluding hydrogens is 246 g/mol. The molecule has 6 heteroatoms. The first kappa shape index (κ1) is 14.4. The Bertz CT molecular complexity index is 526. The first-order chi connectivity index (χ1) is 8.97. The smallest absolute Gasteiger partial charge is 0.323 e. The third-order valence-electron chi connectivity index (χ3n) is 2.25. The number of hydrogen-bond donors (Lipinski definition) is 2. The Morgan fingerprint density at radius 1 is 1.42 bits per heavy atom. The summed E-state index contributed by atoms with van der Waals surface area (Å²) in [5, 5.41) is 2.32. The van der Waals surface area contributed by atoms with Gasteiger partial charge in [-0.15, -0.1) is 6.58 Å². The van der Waals surface area contributed by atoms with Crippen molar-refractivity contribution in [3.8, 4) is 0 Å². The van der Waals surface area contributed by atoms with Crippen molar-refractivity contribution in [2.45, 2.75) is 6.92 Å². The lowest BCUT2D eigenvalue weighted by atomic mass is 10.2. The molecule has 0 fully saturated rings. The predicted molar refractivity (Wildman–Crippen MR) is 72.2 cm³/mol. The van der Waals surface area contributed by atoms with Gasteiger partial charge in [0.05, 0.1) is 5.69 Å². The van der Waals surface area contributed by atoms with Gasteiger partial charge in [0.1, 0.15) is 0 Å². The standard InChI is InChI=1S/C13H15N3O3/c1-3-7-15-12(18)13(19)16(9(2)17)11-6-4-5-10(14)8-11/h3-6,8H,1,7,14H2,2H3,(H,15,18). The van der Waals surface area contributed by atoms with Crippen molar-refractivity contribution in [1.82, 2.24) is 5.32 Å². The van der Waals surface area contributed by atoms with E-state index in [0.717, 1.165) is 4.90 Å². The van der Waals surface area contributed by atoms with E-state index in [1.807, 2.05) is 0 Å². The summed E-state index contributed by atoms with van der Waals surface area (Å²) >= 11 is 0. The van der Waals surface area contributed by atoms with Gasteiger partial charge < -0.3 is 11.1 Å². The largest absolute Gasteiger partial charge is 0.399 e. The quantitative estimate of drug-likeness (QED) is 0.469. The topological polar surface area (TPSA) is 92.5 Å². The van der Waals surface area contributed by atoms with Crippen LogP contribution in [0.15, 0.2) is 36.9 Å². The van der Waals surface area contributed by atoms with Gasteiger partial charge in [-0.05, 0) is 18.2 Å². The van der Waals surface area contributed by atoms with E-state index >= 15 is 0 Å². The number of nitrogen functional groups attached to an aromatic ring is 1. The van der Waals surface area contributed by atoms with Gasteiger partial charge in [0.25, 0.3) is 0 Å². The molecule has 1 aromatic rings. The first-order valence-corrected chi connectivity index (χ1v) is 5.56. The summed E-state index contributed by atoms with van der Waals surface area (Å²) in [5.41, 5.74) is 6.24. The molecule has 0 atom stereocenters. The lowest BCUT2D eigenvalue weighted by molar-refractivity contribution is -0.139. The number of anilines is 2. The molecule has 19 heavy (non-hydrogen) atoms. The molecule has 0 unspecified atom stereocenters. The van der Waals surface area contributed by atoms with Crippen LogP contribution in [0.1, 0.15) is 6.92 Å². The van der Waals surface area contributed by atoms with E-state index in [4.69, 9.17) is 5.73 Å². The van der Waals surface area contributed by atoms with Gasteiger partial charge in [-0.3, -0.25) is 14.4 Å². The average Bonchev–Trinajstić information content (AvgIpc) is 2.35. The second kappa shape index (κ2) is 6.34. The minimum absolute atomic E-state index is 0.146. The number of imide groups is 1. The Morgan fingerprint density at radius 3 is 2.63 bits per heavy atom.